The lowest BCUT2D eigenvalue weighted by Gasteiger charge is -2.04. The maximum absolute atomic E-state index is 8.63. The fourth-order valence-electron chi connectivity index (χ4n) is 2.85. The Morgan fingerprint density at radius 2 is 0.964 bits per heavy atom. The van der Waals surface area contributed by atoms with E-state index in [-0.39, 0.29) is 0 Å². The Balaban J connectivity index is 0. The van der Waals surface area contributed by atoms with Gasteiger partial charge in [0.25, 0.3) is 0 Å². The monoisotopic (exact) mass is 392 g/mol. The number of para-hydroxylation sites is 1. The Hall–Kier alpha value is -1.28. The average Bonchev–Trinajstić information content (AvgIpc) is 2.73. The van der Waals surface area contributed by atoms with Gasteiger partial charge in [-0.05, 0) is 25.0 Å². The first-order valence-electron chi connectivity index (χ1n) is 11.6. The first kappa shape index (κ1) is 28.9. The van der Waals surface area contributed by atoms with Gasteiger partial charge in [-0.1, -0.05) is 109 Å². The van der Waals surface area contributed by atoms with E-state index in [0.29, 0.717) is 5.75 Å². The first-order valence-corrected chi connectivity index (χ1v) is 11.6. The molecule has 1 N–H and O–H groups in total. The second-order valence-corrected chi connectivity index (χ2v) is 7.19. The summed E-state index contributed by atoms with van der Waals surface area (Å²) in [6.07, 6.45) is 19.3. The van der Waals surface area contributed by atoms with Crippen LogP contribution >= 0.6 is 0 Å². The third-order valence-corrected chi connectivity index (χ3v) is 4.54. The van der Waals surface area contributed by atoms with Gasteiger partial charge in [-0.2, -0.15) is 0 Å². The molecule has 0 radical (unpaired) electrons. The van der Waals surface area contributed by atoms with Crippen molar-refractivity contribution in [1.82, 2.24) is 0 Å². The molecule has 0 unspecified atom stereocenters. The molecular weight excluding hydrogens is 344 g/mol. The molecule has 1 aromatic carbocycles. The number of unbranched alkanes of at least 4 members (excludes halogenated alkanes) is 12. The number of phenolic OH excluding ortho intramolecular Hbond substituents is 1. The smallest absolute Gasteiger partial charge is 0.115 e. The van der Waals surface area contributed by atoms with Crippen molar-refractivity contribution >= 4 is 0 Å². The predicted octanol–water partition coefficient (Wildman–Crippen LogP) is 8.70. The highest BCUT2D eigenvalue weighted by atomic mass is 16.5. The van der Waals surface area contributed by atoms with E-state index < -0.39 is 0 Å². The molecule has 0 atom stereocenters. The molecule has 0 aliphatic carbocycles. The normalized spacial score (nSPS) is 9.79. The molecule has 0 heterocycles. The van der Waals surface area contributed by atoms with Crippen LogP contribution in [0.5, 0.6) is 5.75 Å². The summed E-state index contributed by atoms with van der Waals surface area (Å²) in [5, 5.41) is 8.63. The quantitative estimate of drug-likeness (QED) is 0.225. The lowest BCUT2D eigenvalue weighted by atomic mass is 10.1. The van der Waals surface area contributed by atoms with Crippen LogP contribution in [0, 0.1) is 0 Å². The molecule has 0 saturated carbocycles. The maximum Gasteiger partial charge on any atom is 0.115 e. The minimum Gasteiger partial charge on any atom is -0.508 e. The maximum atomic E-state index is 8.63. The van der Waals surface area contributed by atoms with E-state index in [1.807, 2.05) is 6.07 Å². The van der Waals surface area contributed by atoms with E-state index in [2.05, 4.69) is 27.0 Å². The Kier molecular flexibility index (Phi) is 28.9. The zero-order chi connectivity index (χ0) is 21.1. The van der Waals surface area contributed by atoms with Crippen LogP contribution in [0.2, 0.25) is 0 Å². The van der Waals surface area contributed by atoms with Crippen molar-refractivity contribution < 1.29 is 9.84 Å². The molecule has 0 aliphatic heterocycles. The van der Waals surface area contributed by atoms with Crippen molar-refractivity contribution in [1.29, 1.82) is 0 Å². The second-order valence-electron chi connectivity index (χ2n) is 7.19. The molecule has 0 aromatic heterocycles. The fourth-order valence-corrected chi connectivity index (χ4v) is 2.85. The van der Waals surface area contributed by atoms with Gasteiger partial charge in [-0.25, -0.2) is 0 Å². The molecule has 0 saturated heterocycles. The topological polar surface area (TPSA) is 29.5 Å². The van der Waals surface area contributed by atoms with Gasteiger partial charge in [0.05, 0.1) is 0 Å². The molecule has 164 valence electrons. The van der Waals surface area contributed by atoms with Gasteiger partial charge >= 0.3 is 0 Å². The van der Waals surface area contributed by atoms with Gasteiger partial charge in [-0.3, -0.25) is 0 Å². The summed E-state index contributed by atoms with van der Waals surface area (Å²) >= 11 is 0. The lowest BCUT2D eigenvalue weighted by Crippen LogP contribution is -1.97. The molecule has 0 fully saturated rings. The standard InChI is InChI=1S/C18H38O.C6H6O.C2H4/c1-3-5-7-9-11-13-15-17-19-18-16-14-12-10-8-6-4-2;7-6-4-2-1-3-5-6;1-2/h3-18H2,1-2H3;1-5,7H;1-2H2. The van der Waals surface area contributed by atoms with Crippen molar-refractivity contribution in [3.63, 3.8) is 0 Å². The van der Waals surface area contributed by atoms with Crippen LogP contribution in [0.1, 0.15) is 104 Å². The summed E-state index contributed by atoms with van der Waals surface area (Å²) in [5.41, 5.74) is 0. The van der Waals surface area contributed by atoms with Crippen molar-refractivity contribution in [3.05, 3.63) is 43.5 Å². The summed E-state index contributed by atoms with van der Waals surface area (Å²) < 4.78 is 5.69. The summed E-state index contributed by atoms with van der Waals surface area (Å²) in [6.45, 7) is 12.5. The van der Waals surface area contributed by atoms with Crippen LogP contribution in [0.3, 0.4) is 0 Å². The Morgan fingerprint density at radius 3 is 1.29 bits per heavy atom. The SMILES string of the molecule is C=C.CCCCCCCCCOCCCCCCCCC.Oc1ccccc1. The first-order chi connectivity index (χ1) is 13.8. The highest BCUT2D eigenvalue weighted by Crippen LogP contribution is 2.08. The Bertz CT molecular complexity index is 348. The second kappa shape index (κ2) is 27.9. The van der Waals surface area contributed by atoms with E-state index in [1.165, 1.54) is 89.9 Å². The molecule has 0 amide bonds. The molecule has 1 rings (SSSR count). The lowest BCUT2D eigenvalue weighted by molar-refractivity contribution is 0.125. The fraction of sp³-hybridized carbons (Fsp3) is 0.692. The van der Waals surface area contributed by atoms with E-state index >= 15 is 0 Å². The average molecular weight is 393 g/mol. The number of ether oxygens (including phenoxy) is 1. The Morgan fingerprint density at radius 1 is 0.607 bits per heavy atom. The third-order valence-electron chi connectivity index (χ3n) is 4.54. The number of hydrogen-bond acceptors (Lipinski definition) is 2. The molecule has 2 nitrogen and oxygen atoms in total. The number of benzene rings is 1. The summed E-state index contributed by atoms with van der Waals surface area (Å²) in [7, 11) is 0. The van der Waals surface area contributed by atoms with Crippen molar-refractivity contribution in [2.45, 2.75) is 104 Å². The molecule has 0 aliphatic rings. The minimum absolute atomic E-state index is 0.322. The predicted molar refractivity (Wildman–Crippen MR) is 126 cm³/mol. The van der Waals surface area contributed by atoms with Crippen molar-refractivity contribution in [2.75, 3.05) is 13.2 Å². The molecule has 0 bridgehead atoms. The molecular formula is C26H48O2. The summed E-state index contributed by atoms with van der Waals surface area (Å²) in [4.78, 5) is 0. The van der Waals surface area contributed by atoms with Crippen LogP contribution in [0.15, 0.2) is 43.5 Å². The largest absolute Gasteiger partial charge is 0.508 e. The third kappa shape index (κ3) is 26.9. The molecule has 2 heteroatoms. The number of aromatic hydroxyl groups is 1. The van der Waals surface area contributed by atoms with E-state index in [9.17, 15) is 0 Å². The highest BCUT2D eigenvalue weighted by Gasteiger charge is 1.93. The molecule has 1 aromatic rings. The zero-order valence-corrected chi connectivity index (χ0v) is 19.0. The van der Waals surface area contributed by atoms with Gasteiger partial charge in [0.2, 0.25) is 0 Å². The van der Waals surface area contributed by atoms with Gasteiger partial charge in [0, 0.05) is 13.2 Å². The van der Waals surface area contributed by atoms with E-state index in [4.69, 9.17) is 9.84 Å². The van der Waals surface area contributed by atoms with Gasteiger partial charge in [0.15, 0.2) is 0 Å². The molecule has 0 spiro atoms. The number of phenols is 1. The van der Waals surface area contributed by atoms with Crippen LogP contribution in [-0.2, 0) is 4.74 Å². The van der Waals surface area contributed by atoms with Gasteiger partial charge < -0.3 is 9.84 Å². The van der Waals surface area contributed by atoms with Gasteiger partial charge in [-0.15, -0.1) is 13.2 Å². The van der Waals surface area contributed by atoms with Crippen molar-refractivity contribution in [2.24, 2.45) is 0 Å². The zero-order valence-electron chi connectivity index (χ0n) is 19.0. The summed E-state index contributed by atoms with van der Waals surface area (Å²) in [5.74, 6) is 0.322. The van der Waals surface area contributed by atoms with Gasteiger partial charge in [0.1, 0.15) is 5.75 Å². The number of rotatable bonds is 16. The molecule has 28 heavy (non-hydrogen) atoms. The van der Waals surface area contributed by atoms with E-state index in [0.717, 1.165) is 13.2 Å². The highest BCUT2D eigenvalue weighted by molar-refractivity contribution is 5.18. The van der Waals surface area contributed by atoms with Crippen LogP contribution in [0.25, 0.3) is 0 Å². The number of hydrogen-bond donors (Lipinski definition) is 1. The Labute approximate surface area is 176 Å². The van der Waals surface area contributed by atoms with Crippen LogP contribution in [-0.4, -0.2) is 18.3 Å². The van der Waals surface area contributed by atoms with Crippen molar-refractivity contribution in [3.8, 4) is 5.75 Å². The van der Waals surface area contributed by atoms with Crippen LogP contribution in [0.4, 0.5) is 0 Å². The minimum atomic E-state index is 0.322. The van der Waals surface area contributed by atoms with Crippen LogP contribution < -0.4 is 0 Å². The van der Waals surface area contributed by atoms with E-state index in [1.54, 1.807) is 24.3 Å². The summed E-state index contributed by atoms with van der Waals surface area (Å²) in [6, 6.07) is 8.71.